The van der Waals surface area contributed by atoms with Gasteiger partial charge in [-0.05, 0) is 17.4 Å². The van der Waals surface area contributed by atoms with E-state index in [1.165, 1.54) is 4.91 Å². The summed E-state index contributed by atoms with van der Waals surface area (Å²) in [4.78, 5) is 1.50. The molecule has 7 nitrogen and oxygen atoms in total. The van der Waals surface area contributed by atoms with Crippen molar-refractivity contribution in [1.29, 1.82) is 0 Å². The lowest BCUT2D eigenvalue weighted by Gasteiger charge is -1.78. The van der Waals surface area contributed by atoms with Gasteiger partial charge >= 0.3 is 0 Å². The number of hydrogen-bond acceptors (Lipinski definition) is 4. The van der Waals surface area contributed by atoms with Gasteiger partial charge in [-0.15, -0.1) is 10.2 Å². The monoisotopic (exact) mass is 138 g/mol. The Kier molecular flexibility index (Phi) is 4.45. The summed E-state index contributed by atoms with van der Waals surface area (Å²) in [5.41, 5.74) is 14.3. The topological polar surface area (TPSA) is 110 Å². The van der Waals surface area contributed by atoms with Gasteiger partial charge in [-0.3, -0.25) is 4.91 Å². The lowest BCUT2D eigenvalue weighted by molar-refractivity contribution is 0.742. The number of hydrogen-bond donors (Lipinski definition) is 0. The van der Waals surface area contributed by atoms with Crippen molar-refractivity contribution in [1.82, 2.24) is 20.6 Å². The Balaban J connectivity index is 0.000000236. The maximum Gasteiger partial charge on any atom is 0.0820 e. The van der Waals surface area contributed by atoms with Crippen molar-refractivity contribution in [3.63, 3.8) is 0 Å². The van der Waals surface area contributed by atoms with Crippen LogP contribution < -0.4 is 0 Å². The molecule has 0 aliphatic rings. The first-order valence-electron chi connectivity index (χ1n) is 2.27. The Bertz CT molecular complexity index is 199. The standard InChI is InChI=1S/C3H4N4.N3/c1-3-2-4-6-7-5-3;1-3-2/h2H,1H3;/q;-1. The minimum Gasteiger partial charge on any atom is -0.373 e. The maximum atomic E-state index is 6.75. The molecule has 0 saturated heterocycles. The van der Waals surface area contributed by atoms with Gasteiger partial charge in [0.25, 0.3) is 0 Å². The van der Waals surface area contributed by atoms with E-state index in [2.05, 4.69) is 20.6 Å². The lowest BCUT2D eigenvalue weighted by atomic mass is 10.6. The molecule has 1 aromatic rings. The van der Waals surface area contributed by atoms with Crippen LogP contribution in [-0.4, -0.2) is 20.6 Å². The van der Waals surface area contributed by atoms with E-state index in [0.29, 0.717) is 0 Å². The van der Waals surface area contributed by atoms with Gasteiger partial charge in [0.2, 0.25) is 0 Å². The van der Waals surface area contributed by atoms with Crippen LogP contribution in [0.2, 0.25) is 0 Å². The molecule has 0 N–H and O–H groups in total. The van der Waals surface area contributed by atoms with Crippen LogP contribution in [-0.2, 0) is 0 Å². The van der Waals surface area contributed by atoms with Crippen LogP contribution >= 0.6 is 0 Å². The summed E-state index contributed by atoms with van der Waals surface area (Å²) in [6.45, 7) is 1.81. The first kappa shape index (κ1) is 8.25. The Morgan fingerprint density at radius 3 is 2.20 bits per heavy atom. The molecule has 1 rings (SSSR count). The molecule has 1 heterocycles. The molecule has 0 aliphatic carbocycles. The van der Waals surface area contributed by atoms with E-state index in [1.807, 2.05) is 6.92 Å². The van der Waals surface area contributed by atoms with Crippen LogP contribution in [0.3, 0.4) is 0 Å². The summed E-state index contributed by atoms with van der Waals surface area (Å²) in [5, 5.41) is 13.5. The molecule has 0 fully saturated rings. The Morgan fingerprint density at radius 1 is 1.40 bits per heavy atom. The Morgan fingerprint density at radius 2 is 2.00 bits per heavy atom. The van der Waals surface area contributed by atoms with Gasteiger partial charge in [0, 0.05) is 0 Å². The van der Waals surface area contributed by atoms with Crippen molar-refractivity contribution in [2.24, 2.45) is 0 Å². The van der Waals surface area contributed by atoms with Crippen LogP contribution in [0.1, 0.15) is 5.69 Å². The molecule has 1 aromatic heterocycles. The first-order valence-corrected chi connectivity index (χ1v) is 2.27. The summed E-state index contributed by atoms with van der Waals surface area (Å²) in [6.07, 6.45) is 1.55. The van der Waals surface area contributed by atoms with Crippen molar-refractivity contribution < 1.29 is 0 Å². The second-order valence-electron chi connectivity index (χ2n) is 1.25. The normalized spacial score (nSPS) is 6.90. The fourth-order valence-electron chi connectivity index (χ4n) is 0.249. The molecule has 0 atom stereocenters. The second kappa shape index (κ2) is 5.39. The van der Waals surface area contributed by atoms with E-state index in [4.69, 9.17) is 11.1 Å². The van der Waals surface area contributed by atoms with Gasteiger partial charge in [-0.1, -0.05) is 0 Å². The highest BCUT2D eigenvalue weighted by Gasteiger charge is 1.77. The van der Waals surface area contributed by atoms with Gasteiger partial charge < -0.3 is 11.1 Å². The van der Waals surface area contributed by atoms with E-state index < -0.39 is 0 Å². The minimum atomic E-state index is 0.787. The van der Waals surface area contributed by atoms with Gasteiger partial charge in [0.15, 0.2) is 0 Å². The number of aromatic nitrogens is 4. The molecule has 0 aromatic carbocycles. The van der Waals surface area contributed by atoms with Crippen LogP contribution in [0.15, 0.2) is 6.20 Å². The number of nitrogens with zero attached hydrogens (tertiary/aromatic N) is 7. The zero-order valence-corrected chi connectivity index (χ0v) is 5.21. The summed E-state index contributed by atoms with van der Waals surface area (Å²) in [7, 11) is 0. The molecule has 0 amide bonds. The highest BCUT2D eigenvalue weighted by atomic mass is 15.4. The molecule has 0 aliphatic heterocycles. The van der Waals surface area contributed by atoms with E-state index >= 15 is 0 Å². The molecule has 0 spiro atoms. The second-order valence-corrected chi connectivity index (χ2v) is 1.25. The quantitative estimate of drug-likeness (QED) is 0.294. The largest absolute Gasteiger partial charge is 0.373 e. The predicted molar refractivity (Wildman–Crippen MR) is 32.4 cm³/mol. The van der Waals surface area contributed by atoms with Crippen LogP contribution in [0.4, 0.5) is 0 Å². The first-order chi connectivity index (χ1) is 4.81. The number of aryl methyl sites for hydroxylation is 1. The summed E-state index contributed by atoms with van der Waals surface area (Å²) in [5.74, 6) is 0. The third-order valence-corrected chi connectivity index (χ3v) is 0.539. The van der Waals surface area contributed by atoms with Gasteiger partial charge in [-0.25, -0.2) is 0 Å². The molecular formula is C3H4N7-. The zero-order chi connectivity index (χ0) is 7.82. The van der Waals surface area contributed by atoms with Crippen molar-refractivity contribution in [3.8, 4) is 0 Å². The summed E-state index contributed by atoms with van der Waals surface area (Å²) >= 11 is 0. The Hall–Kier alpha value is -1.75. The fraction of sp³-hybridized carbons (Fsp3) is 0.333. The zero-order valence-electron chi connectivity index (χ0n) is 5.21. The van der Waals surface area contributed by atoms with E-state index in [0.717, 1.165) is 5.69 Å². The summed E-state index contributed by atoms with van der Waals surface area (Å²) in [6, 6.07) is 0. The van der Waals surface area contributed by atoms with Crippen molar-refractivity contribution in [2.75, 3.05) is 0 Å². The minimum absolute atomic E-state index is 0.787. The van der Waals surface area contributed by atoms with E-state index in [-0.39, 0.29) is 0 Å². The third-order valence-electron chi connectivity index (χ3n) is 0.539. The van der Waals surface area contributed by atoms with Crippen molar-refractivity contribution in [2.45, 2.75) is 6.92 Å². The predicted octanol–water partition coefficient (Wildman–Crippen LogP) is 0.441. The number of rotatable bonds is 0. The highest BCUT2D eigenvalue weighted by molar-refractivity contribution is 4.81. The molecule has 0 saturated carbocycles. The fourth-order valence-corrected chi connectivity index (χ4v) is 0.249. The summed E-state index contributed by atoms with van der Waals surface area (Å²) < 4.78 is 0. The lowest BCUT2D eigenvalue weighted by Crippen LogP contribution is -1.90. The highest BCUT2D eigenvalue weighted by Crippen LogP contribution is 1.75. The van der Waals surface area contributed by atoms with Crippen LogP contribution in [0.5, 0.6) is 0 Å². The molecule has 0 radical (unpaired) electrons. The average Bonchev–Trinajstić information content (AvgIpc) is 1.91. The van der Waals surface area contributed by atoms with Crippen LogP contribution in [0, 0.1) is 6.92 Å². The van der Waals surface area contributed by atoms with Gasteiger partial charge in [0.1, 0.15) is 0 Å². The third kappa shape index (κ3) is 4.41. The molecule has 52 valence electrons. The van der Waals surface area contributed by atoms with E-state index in [9.17, 15) is 0 Å². The molecule has 0 bridgehead atoms. The van der Waals surface area contributed by atoms with Crippen LogP contribution in [0.25, 0.3) is 16.0 Å². The van der Waals surface area contributed by atoms with Gasteiger partial charge in [-0.2, -0.15) is 0 Å². The van der Waals surface area contributed by atoms with Crippen molar-refractivity contribution >= 4 is 0 Å². The van der Waals surface area contributed by atoms with Gasteiger partial charge in [0.05, 0.1) is 11.9 Å². The molecular weight excluding hydrogens is 134 g/mol. The molecule has 10 heavy (non-hydrogen) atoms. The van der Waals surface area contributed by atoms with E-state index in [1.54, 1.807) is 6.20 Å². The van der Waals surface area contributed by atoms with Crippen molar-refractivity contribution in [3.05, 3.63) is 27.9 Å². The molecule has 7 heteroatoms. The SMILES string of the molecule is Cc1cnnnn1.[N-]=[N+]=[N-]. The maximum absolute atomic E-state index is 6.75. The molecule has 0 unspecified atom stereocenters. The average molecular weight is 138 g/mol. The Labute approximate surface area is 56.5 Å². The smallest absolute Gasteiger partial charge is 0.0820 e.